The van der Waals surface area contributed by atoms with Gasteiger partial charge in [-0.05, 0) is 38.1 Å². The molecule has 3 amide bonds. The molecule has 0 fully saturated rings. The van der Waals surface area contributed by atoms with Gasteiger partial charge in [-0.3, -0.25) is 4.90 Å². The van der Waals surface area contributed by atoms with Crippen molar-refractivity contribution < 1.29 is 23.8 Å². The summed E-state index contributed by atoms with van der Waals surface area (Å²) in [5, 5.41) is 5.44. The van der Waals surface area contributed by atoms with Gasteiger partial charge in [-0.1, -0.05) is 24.3 Å². The van der Waals surface area contributed by atoms with Crippen molar-refractivity contribution in [1.82, 2.24) is 5.32 Å². The number of amides is 3. The molecular formula is C21H27N3O5. The summed E-state index contributed by atoms with van der Waals surface area (Å²) < 4.78 is 16.0. The normalized spacial score (nSPS) is 10.7. The van der Waals surface area contributed by atoms with Crippen LogP contribution in [0.4, 0.5) is 21.0 Å². The van der Waals surface area contributed by atoms with Crippen LogP contribution in [-0.4, -0.2) is 45.2 Å². The number of nitrogens with zero attached hydrogens (tertiary/aromatic N) is 1. The minimum absolute atomic E-state index is 0.00459. The van der Waals surface area contributed by atoms with E-state index < -0.39 is 12.4 Å². The Balaban J connectivity index is 2.14. The minimum Gasteiger partial charge on any atom is -0.410 e. The molecule has 0 heterocycles. The molecule has 2 aromatic rings. The van der Waals surface area contributed by atoms with E-state index >= 15 is 0 Å². The number of anilines is 2. The highest BCUT2D eigenvalue weighted by Crippen LogP contribution is 2.21. The Morgan fingerprint density at radius 3 is 2.31 bits per heavy atom. The number of nitrogens with one attached hydrogen (secondary N) is 2. The molecule has 8 heteroatoms. The van der Waals surface area contributed by atoms with E-state index in [-0.39, 0.29) is 18.6 Å². The van der Waals surface area contributed by atoms with E-state index in [9.17, 15) is 9.59 Å². The Labute approximate surface area is 170 Å². The van der Waals surface area contributed by atoms with E-state index in [0.29, 0.717) is 17.1 Å². The van der Waals surface area contributed by atoms with Gasteiger partial charge in [-0.2, -0.15) is 0 Å². The second-order valence-corrected chi connectivity index (χ2v) is 6.50. The fourth-order valence-corrected chi connectivity index (χ4v) is 2.51. The number of methoxy groups -OCH3 is 2. The van der Waals surface area contributed by atoms with Gasteiger partial charge in [0.25, 0.3) is 0 Å². The number of hydrogen-bond acceptors (Lipinski definition) is 5. The Morgan fingerprint density at radius 1 is 1.00 bits per heavy atom. The van der Waals surface area contributed by atoms with Crippen LogP contribution in [0, 0.1) is 0 Å². The zero-order chi connectivity index (χ0) is 21.2. The minimum atomic E-state index is -0.615. The van der Waals surface area contributed by atoms with E-state index in [1.54, 1.807) is 36.4 Å². The van der Waals surface area contributed by atoms with Crippen LogP contribution in [0.25, 0.3) is 0 Å². The van der Waals surface area contributed by atoms with Crippen LogP contribution in [0.5, 0.6) is 5.75 Å². The number of urea groups is 1. The SMILES string of the molecule is COC(CN(C(=O)Oc1cccc(NC(=O)NC(C)C)c1)c1ccccc1)OC. The van der Waals surface area contributed by atoms with Crippen molar-refractivity contribution in [2.24, 2.45) is 0 Å². The molecule has 0 saturated carbocycles. The first kappa shape index (κ1) is 22.2. The topological polar surface area (TPSA) is 89.1 Å². The largest absolute Gasteiger partial charge is 0.419 e. The monoisotopic (exact) mass is 401 g/mol. The average molecular weight is 401 g/mol. The molecule has 2 rings (SSSR count). The molecule has 0 atom stereocenters. The van der Waals surface area contributed by atoms with Crippen molar-refractivity contribution in [3.8, 4) is 5.75 Å². The molecule has 2 N–H and O–H groups in total. The van der Waals surface area contributed by atoms with Crippen molar-refractivity contribution >= 4 is 23.5 Å². The summed E-state index contributed by atoms with van der Waals surface area (Å²) in [7, 11) is 3.00. The lowest BCUT2D eigenvalue weighted by atomic mass is 10.3. The second kappa shape index (κ2) is 11.0. The summed E-state index contributed by atoms with van der Waals surface area (Å²) in [4.78, 5) is 26.1. The molecule has 0 bridgehead atoms. The van der Waals surface area contributed by atoms with Gasteiger partial charge in [0.2, 0.25) is 0 Å². The molecule has 8 nitrogen and oxygen atoms in total. The summed E-state index contributed by atoms with van der Waals surface area (Å²) in [6, 6.07) is 15.4. The lowest BCUT2D eigenvalue weighted by Gasteiger charge is -2.25. The predicted molar refractivity (Wildman–Crippen MR) is 111 cm³/mol. The molecule has 0 aliphatic carbocycles. The van der Waals surface area contributed by atoms with Crippen LogP contribution >= 0.6 is 0 Å². The van der Waals surface area contributed by atoms with E-state index in [2.05, 4.69) is 10.6 Å². The fourth-order valence-electron chi connectivity index (χ4n) is 2.51. The van der Waals surface area contributed by atoms with Gasteiger partial charge < -0.3 is 24.8 Å². The maximum Gasteiger partial charge on any atom is 0.419 e. The van der Waals surface area contributed by atoms with Crippen molar-refractivity contribution in [2.75, 3.05) is 31.0 Å². The first-order valence-corrected chi connectivity index (χ1v) is 9.20. The maximum atomic E-state index is 12.9. The lowest BCUT2D eigenvalue weighted by molar-refractivity contribution is -0.0943. The van der Waals surface area contributed by atoms with Crippen LogP contribution in [-0.2, 0) is 9.47 Å². The number of benzene rings is 2. The van der Waals surface area contributed by atoms with Crippen LogP contribution in [0.2, 0.25) is 0 Å². The zero-order valence-electron chi connectivity index (χ0n) is 17.0. The van der Waals surface area contributed by atoms with Crippen molar-refractivity contribution in [2.45, 2.75) is 26.2 Å². The number of carbonyl (C=O) groups excluding carboxylic acids is 2. The van der Waals surface area contributed by atoms with Crippen LogP contribution in [0.3, 0.4) is 0 Å². The van der Waals surface area contributed by atoms with Gasteiger partial charge in [0.1, 0.15) is 5.75 Å². The molecule has 0 saturated heterocycles. The number of carbonyl (C=O) groups is 2. The van der Waals surface area contributed by atoms with Crippen molar-refractivity contribution in [3.63, 3.8) is 0 Å². The summed E-state index contributed by atoms with van der Waals surface area (Å²) in [6.45, 7) is 3.87. The highest BCUT2D eigenvalue weighted by molar-refractivity contribution is 5.91. The summed E-state index contributed by atoms with van der Waals surface area (Å²) in [5.41, 5.74) is 1.15. The number of rotatable bonds is 8. The third-order valence-corrected chi connectivity index (χ3v) is 3.86. The number of hydrogen-bond donors (Lipinski definition) is 2. The quantitative estimate of drug-likeness (QED) is 0.656. The standard InChI is InChI=1S/C21H27N3O5/c1-15(2)22-20(25)23-16-9-8-12-18(13-16)29-21(26)24(14-19(27-3)28-4)17-10-6-5-7-11-17/h5-13,15,19H,14H2,1-4H3,(H2,22,23,25). The third-order valence-electron chi connectivity index (χ3n) is 3.86. The number of ether oxygens (including phenoxy) is 3. The lowest BCUT2D eigenvalue weighted by Crippen LogP contribution is -2.40. The summed E-state index contributed by atoms with van der Waals surface area (Å²) in [6.07, 6.45) is -1.21. The zero-order valence-corrected chi connectivity index (χ0v) is 17.0. The fraction of sp³-hybridized carbons (Fsp3) is 0.333. The highest BCUT2D eigenvalue weighted by Gasteiger charge is 2.22. The highest BCUT2D eigenvalue weighted by atomic mass is 16.7. The molecule has 156 valence electrons. The second-order valence-electron chi connectivity index (χ2n) is 6.50. The van der Waals surface area contributed by atoms with E-state index in [1.165, 1.54) is 19.1 Å². The molecule has 0 unspecified atom stereocenters. The average Bonchev–Trinajstić information content (AvgIpc) is 2.69. The van der Waals surface area contributed by atoms with E-state index in [4.69, 9.17) is 14.2 Å². The Kier molecular flexibility index (Phi) is 8.45. The first-order chi connectivity index (χ1) is 13.9. The van der Waals surface area contributed by atoms with E-state index in [1.807, 2.05) is 32.0 Å². The summed E-state index contributed by atoms with van der Waals surface area (Å²) >= 11 is 0. The van der Waals surface area contributed by atoms with Gasteiger partial charge in [-0.25, -0.2) is 9.59 Å². The maximum absolute atomic E-state index is 12.9. The molecule has 0 aliphatic rings. The Bertz CT molecular complexity index is 794. The molecule has 2 aromatic carbocycles. The van der Waals surface area contributed by atoms with Gasteiger partial charge in [0, 0.05) is 37.7 Å². The van der Waals surface area contributed by atoms with Gasteiger partial charge in [0.15, 0.2) is 6.29 Å². The molecule has 0 aromatic heterocycles. The molecule has 0 spiro atoms. The molecule has 29 heavy (non-hydrogen) atoms. The smallest absolute Gasteiger partial charge is 0.410 e. The summed E-state index contributed by atoms with van der Waals surface area (Å²) in [5.74, 6) is 0.296. The Morgan fingerprint density at radius 2 is 1.69 bits per heavy atom. The van der Waals surface area contributed by atoms with Gasteiger partial charge in [-0.15, -0.1) is 0 Å². The van der Waals surface area contributed by atoms with Gasteiger partial charge >= 0.3 is 12.1 Å². The van der Waals surface area contributed by atoms with E-state index in [0.717, 1.165) is 0 Å². The molecule has 0 radical (unpaired) electrons. The third kappa shape index (κ3) is 7.10. The van der Waals surface area contributed by atoms with Crippen LogP contribution in [0.15, 0.2) is 54.6 Å². The van der Waals surface area contributed by atoms with Crippen molar-refractivity contribution in [1.29, 1.82) is 0 Å². The number of para-hydroxylation sites is 1. The van der Waals surface area contributed by atoms with Crippen LogP contribution in [0.1, 0.15) is 13.8 Å². The molecule has 0 aliphatic heterocycles. The Hall–Kier alpha value is -3.10. The van der Waals surface area contributed by atoms with Crippen molar-refractivity contribution in [3.05, 3.63) is 54.6 Å². The molecular weight excluding hydrogens is 374 g/mol. The van der Waals surface area contributed by atoms with Crippen LogP contribution < -0.4 is 20.3 Å². The van der Waals surface area contributed by atoms with Gasteiger partial charge in [0.05, 0.1) is 6.54 Å². The predicted octanol–water partition coefficient (Wildman–Crippen LogP) is 3.84. The first-order valence-electron chi connectivity index (χ1n) is 9.20.